The van der Waals surface area contributed by atoms with E-state index in [1.54, 1.807) is 38.1 Å². The minimum atomic E-state index is -0.0287. The van der Waals surface area contributed by atoms with Gasteiger partial charge in [-0.1, -0.05) is 18.2 Å². The van der Waals surface area contributed by atoms with Crippen LogP contribution in [0.25, 0.3) is 0 Å². The van der Waals surface area contributed by atoms with Crippen LogP contribution in [-0.2, 0) is 6.42 Å². The number of para-hydroxylation sites is 1. The Morgan fingerprint density at radius 1 is 1.28 bits per heavy atom. The van der Waals surface area contributed by atoms with E-state index in [4.69, 9.17) is 9.47 Å². The van der Waals surface area contributed by atoms with E-state index in [1.165, 1.54) is 0 Å². The summed E-state index contributed by atoms with van der Waals surface area (Å²) in [5, 5.41) is 0. The Morgan fingerprint density at radius 2 is 2.08 bits per heavy atom. The molecular formula is C20H21NO3S. The second-order valence-electron chi connectivity index (χ2n) is 5.64. The molecule has 0 saturated heterocycles. The molecule has 3 rings (SSSR count). The second-order valence-corrected chi connectivity index (χ2v) is 6.77. The normalized spacial score (nSPS) is 13.1. The zero-order valence-electron chi connectivity index (χ0n) is 14.5. The van der Waals surface area contributed by atoms with Gasteiger partial charge in [0.15, 0.2) is 11.5 Å². The van der Waals surface area contributed by atoms with Gasteiger partial charge in [0.05, 0.1) is 19.9 Å². The third-order valence-electron chi connectivity index (χ3n) is 4.14. The number of amides is 1. The monoisotopic (exact) mass is 355 g/mol. The zero-order chi connectivity index (χ0) is 17.8. The number of hydrogen-bond donors (Lipinski definition) is 0. The number of carbonyl (C=O) groups excluding carboxylic acids is 1. The van der Waals surface area contributed by atoms with Gasteiger partial charge in [-0.05, 0) is 30.7 Å². The molecular weight excluding hydrogens is 334 g/mol. The van der Waals surface area contributed by atoms with E-state index >= 15 is 0 Å². The summed E-state index contributed by atoms with van der Waals surface area (Å²) in [6, 6.07) is 11.6. The van der Waals surface area contributed by atoms with Gasteiger partial charge in [-0.2, -0.15) is 0 Å². The van der Waals surface area contributed by atoms with Crippen molar-refractivity contribution in [1.29, 1.82) is 0 Å². The number of allylic oxidation sites excluding steroid dienone is 1. The molecule has 0 unspecified atom stereocenters. The lowest BCUT2D eigenvalue weighted by Gasteiger charge is -2.29. The van der Waals surface area contributed by atoms with Crippen molar-refractivity contribution in [2.24, 2.45) is 0 Å². The molecule has 1 aliphatic heterocycles. The summed E-state index contributed by atoms with van der Waals surface area (Å²) in [4.78, 5) is 16.2. The number of fused-ring (bicyclic) bond motifs is 1. The topological polar surface area (TPSA) is 38.8 Å². The molecule has 0 radical (unpaired) electrons. The summed E-state index contributed by atoms with van der Waals surface area (Å²) in [5.74, 6) is 2.06. The van der Waals surface area contributed by atoms with Crippen LogP contribution in [0.15, 0.2) is 53.9 Å². The highest BCUT2D eigenvalue weighted by molar-refractivity contribution is 7.99. The van der Waals surface area contributed by atoms with Crippen LogP contribution in [0, 0.1) is 0 Å². The van der Waals surface area contributed by atoms with Crippen LogP contribution in [0.1, 0.15) is 15.9 Å². The van der Waals surface area contributed by atoms with E-state index in [0.29, 0.717) is 30.0 Å². The van der Waals surface area contributed by atoms with E-state index in [2.05, 4.69) is 12.6 Å². The second kappa shape index (κ2) is 7.66. The molecule has 0 aliphatic carbocycles. The molecule has 5 heteroatoms. The van der Waals surface area contributed by atoms with Crippen LogP contribution >= 0.6 is 11.8 Å². The van der Waals surface area contributed by atoms with Crippen molar-refractivity contribution in [3.8, 4) is 11.5 Å². The number of benzene rings is 2. The maximum atomic E-state index is 13.2. The van der Waals surface area contributed by atoms with Crippen LogP contribution < -0.4 is 14.4 Å². The Labute approximate surface area is 152 Å². The number of nitrogens with zero attached hydrogens (tertiary/aromatic N) is 1. The number of carbonyl (C=O) groups is 1. The first kappa shape index (κ1) is 17.4. The van der Waals surface area contributed by atoms with Gasteiger partial charge in [0.25, 0.3) is 5.91 Å². The highest BCUT2D eigenvalue weighted by Gasteiger charge is 2.25. The average Bonchev–Trinajstić information content (AvgIpc) is 2.66. The Hall–Kier alpha value is -2.40. The average molecular weight is 355 g/mol. The summed E-state index contributed by atoms with van der Waals surface area (Å²) in [6.45, 7) is 4.47. The third kappa shape index (κ3) is 3.37. The van der Waals surface area contributed by atoms with Gasteiger partial charge in [0, 0.05) is 28.3 Å². The molecule has 4 nitrogen and oxygen atoms in total. The smallest absolute Gasteiger partial charge is 0.258 e. The van der Waals surface area contributed by atoms with Crippen molar-refractivity contribution in [3.05, 3.63) is 60.2 Å². The largest absolute Gasteiger partial charge is 0.493 e. The van der Waals surface area contributed by atoms with Crippen LogP contribution in [0.2, 0.25) is 0 Å². The van der Waals surface area contributed by atoms with Gasteiger partial charge in [-0.25, -0.2) is 0 Å². The fourth-order valence-corrected chi connectivity index (χ4v) is 4.00. The number of rotatable bonds is 5. The van der Waals surface area contributed by atoms with Gasteiger partial charge in [0.2, 0.25) is 0 Å². The van der Waals surface area contributed by atoms with Gasteiger partial charge in [0.1, 0.15) is 0 Å². The summed E-state index contributed by atoms with van der Waals surface area (Å²) < 4.78 is 10.9. The van der Waals surface area contributed by atoms with Crippen molar-refractivity contribution in [3.63, 3.8) is 0 Å². The standard InChI is InChI=1S/C20H21NO3S/c1-4-7-14-12-15(13-17(23-2)19(14)24-3)20(22)21-10-11-25-18-9-6-5-8-16(18)21/h4-6,8-9,12-13H,1,7,10-11H2,2-3H3. The highest BCUT2D eigenvalue weighted by Crippen LogP contribution is 2.37. The van der Waals surface area contributed by atoms with Crippen molar-refractivity contribution < 1.29 is 14.3 Å². The first-order valence-corrected chi connectivity index (χ1v) is 9.07. The summed E-state index contributed by atoms with van der Waals surface area (Å²) in [5.41, 5.74) is 2.44. The molecule has 2 aromatic carbocycles. The number of anilines is 1. The summed E-state index contributed by atoms with van der Waals surface area (Å²) in [6.07, 6.45) is 2.39. The summed E-state index contributed by atoms with van der Waals surface area (Å²) >= 11 is 1.78. The van der Waals surface area contributed by atoms with E-state index in [1.807, 2.05) is 29.2 Å². The molecule has 1 heterocycles. The summed E-state index contributed by atoms with van der Waals surface area (Å²) in [7, 11) is 3.18. The zero-order valence-corrected chi connectivity index (χ0v) is 15.3. The maximum Gasteiger partial charge on any atom is 0.258 e. The van der Waals surface area contributed by atoms with Gasteiger partial charge < -0.3 is 14.4 Å². The predicted molar refractivity (Wildman–Crippen MR) is 102 cm³/mol. The molecule has 0 aromatic heterocycles. The number of thioether (sulfide) groups is 1. The van der Waals surface area contributed by atoms with Gasteiger partial charge >= 0.3 is 0 Å². The molecule has 1 amide bonds. The van der Waals surface area contributed by atoms with E-state index in [0.717, 1.165) is 21.9 Å². The van der Waals surface area contributed by atoms with Crippen molar-refractivity contribution in [1.82, 2.24) is 0 Å². The Kier molecular flexibility index (Phi) is 5.34. The van der Waals surface area contributed by atoms with E-state index < -0.39 is 0 Å². The van der Waals surface area contributed by atoms with Gasteiger partial charge in [-0.3, -0.25) is 4.79 Å². The predicted octanol–water partition coefficient (Wildman–Crippen LogP) is 4.18. The molecule has 2 aromatic rings. The Morgan fingerprint density at radius 3 is 2.80 bits per heavy atom. The van der Waals surface area contributed by atoms with Crippen LogP contribution in [0.4, 0.5) is 5.69 Å². The fraction of sp³-hybridized carbons (Fsp3) is 0.250. The lowest BCUT2D eigenvalue weighted by atomic mass is 10.0. The number of methoxy groups -OCH3 is 2. The molecule has 25 heavy (non-hydrogen) atoms. The first-order chi connectivity index (χ1) is 12.2. The van der Waals surface area contributed by atoms with E-state index in [-0.39, 0.29) is 5.91 Å². The molecule has 0 atom stereocenters. The van der Waals surface area contributed by atoms with Gasteiger partial charge in [-0.15, -0.1) is 18.3 Å². The lowest BCUT2D eigenvalue weighted by molar-refractivity contribution is 0.0987. The molecule has 0 bridgehead atoms. The Balaban J connectivity index is 2.03. The molecule has 0 saturated carbocycles. The number of hydrogen-bond acceptors (Lipinski definition) is 4. The molecule has 130 valence electrons. The molecule has 1 aliphatic rings. The van der Waals surface area contributed by atoms with E-state index in [9.17, 15) is 4.79 Å². The number of ether oxygens (including phenoxy) is 2. The third-order valence-corrected chi connectivity index (χ3v) is 5.18. The highest BCUT2D eigenvalue weighted by atomic mass is 32.2. The van der Waals surface area contributed by atoms with Crippen molar-refractivity contribution >= 4 is 23.4 Å². The minimum Gasteiger partial charge on any atom is -0.493 e. The van der Waals surface area contributed by atoms with Crippen molar-refractivity contribution in [2.75, 3.05) is 31.4 Å². The molecule has 0 spiro atoms. The fourth-order valence-electron chi connectivity index (χ4n) is 3.01. The maximum absolute atomic E-state index is 13.2. The SMILES string of the molecule is C=CCc1cc(C(=O)N2CCSc3ccccc32)cc(OC)c1OC. The Bertz CT molecular complexity index is 804. The molecule has 0 fully saturated rings. The van der Waals surface area contributed by atoms with Crippen molar-refractivity contribution in [2.45, 2.75) is 11.3 Å². The lowest BCUT2D eigenvalue weighted by Crippen LogP contribution is -2.35. The minimum absolute atomic E-state index is 0.0287. The van der Waals surface area contributed by atoms with Crippen LogP contribution in [0.3, 0.4) is 0 Å². The van der Waals surface area contributed by atoms with Crippen LogP contribution in [0.5, 0.6) is 11.5 Å². The molecule has 0 N–H and O–H groups in total. The quantitative estimate of drug-likeness (QED) is 0.754. The first-order valence-electron chi connectivity index (χ1n) is 8.09. The van der Waals surface area contributed by atoms with Crippen LogP contribution in [-0.4, -0.2) is 32.4 Å².